The molecule has 0 amide bonds. The molecular weight excluding hydrogens is 256 g/mol. The SMILES string of the molecule is CC(=O)OC[C@H]1O[C@@H](C)C(OC(C)=O)C1OC(C)=O. The van der Waals surface area contributed by atoms with Crippen molar-refractivity contribution < 1.29 is 33.3 Å². The van der Waals surface area contributed by atoms with Crippen molar-refractivity contribution in [2.75, 3.05) is 6.61 Å². The summed E-state index contributed by atoms with van der Waals surface area (Å²) in [5, 5.41) is 0. The molecule has 1 rings (SSSR count). The van der Waals surface area contributed by atoms with Crippen LogP contribution in [0.15, 0.2) is 0 Å². The molecule has 0 spiro atoms. The summed E-state index contributed by atoms with van der Waals surface area (Å²) in [5.74, 6) is -1.48. The molecule has 0 bridgehead atoms. The first-order chi connectivity index (χ1) is 8.81. The van der Waals surface area contributed by atoms with Crippen LogP contribution in [-0.2, 0) is 33.3 Å². The first-order valence-electron chi connectivity index (χ1n) is 5.94. The van der Waals surface area contributed by atoms with Crippen LogP contribution in [0.3, 0.4) is 0 Å². The Bertz CT molecular complexity index is 365. The Hall–Kier alpha value is -1.63. The van der Waals surface area contributed by atoms with E-state index in [1.54, 1.807) is 6.92 Å². The lowest BCUT2D eigenvalue weighted by atomic mass is 10.1. The largest absolute Gasteiger partial charge is 0.463 e. The van der Waals surface area contributed by atoms with Crippen molar-refractivity contribution in [3.63, 3.8) is 0 Å². The topological polar surface area (TPSA) is 88.1 Å². The number of carbonyl (C=O) groups excluding carboxylic acids is 3. The molecule has 19 heavy (non-hydrogen) atoms. The monoisotopic (exact) mass is 274 g/mol. The molecule has 7 heteroatoms. The summed E-state index contributed by atoms with van der Waals surface area (Å²) in [6, 6.07) is 0. The lowest BCUT2D eigenvalue weighted by molar-refractivity contribution is -0.165. The fourth-order valence-electron chi connectivity index (χ4n) is 1.93. The zero-order valence-electron chi connectivity index (χ0n) is 11.4. The number of ether oxygens (including phenoxy) is 4. The Kier molecular flexibility index (Phi) is 5.29. The van der Waals surface area contributed by atoms with Crippen LogP contribution in [0.2, 0.25) is 0 Å². The van der Waals surface area contributed by atoms with Crippen LogP contribution < -0.4 is 0 Å². The average molecular weight is 274 g/mol. The summed E-state index contributed by atoms with van der Waals surface area (Å²) in [4.78, 5) is 32.9. The highest BCUT2D eigenvalue weighted by Gasteiger charge is 2.47. The van der Waals surface area contributed by atoms with E-state index < -0.39 is 42.3 Å². The first kappa shape index (κ1) is 15.4. The highest BCUT2D eigenvalue weighted by atomic mass is 16.6. The van der Waals surface area contributed by atoms with Gasteiger partial charge in [-0.15, -0.1) is 0 Å². The van der Waals surface area contributed by atoms with Crippen molar-refractivity contribution in [3.05, 3.63) is 0 Å². The van der Waals surface area contributed by atoms with E-state index in [2.05, 4.69) is 0 Å². The summed E-state index contributed by atoms with van der Waals surface area (Å²) in [7, 11) is 0. The molecule has 0 aliphatic carbocycles. The predicted molar refractivity (Wildman–Crippen MR) is 62.1 cm³/mol. The van der Waals surface area contributed by atoms with Crippen LogP contribution in [-0.4, -0.2) is 48.9 Å². The number of hydrogen-bond donors (Lipinski definition) is 0. The maximum atomic E-state index is 11.1. The summed E-state index contributed by atoms with van der Waals surface area (Å²) in [5.41, 5.74) is 0. The van der Waals surface area contributed by atoms with Crippen molar-refractivity contribution in [2.24, 2.45) is 0 Å². The van der Waals surface area contributed by atoms with E-state index in [9.17, 15) is 14.4 Å². The van der Waals surface area contributed by atoms with Gasteiger partial charge in [-0.1, -0.05) is 0 Å². The van der Waals surface area contributed by atoms with Gasteiger partial charge in [0.05, 0.1) is 6.10 Å². The molecule has 108 valence electrons. The molecule has 0 aromatic heterocycles. The summed E-state index contributed by atoms with van der Waals surface area (Å²) in [6.07, 6.45) is -2.58. The van der Waals surface area contributed by atoms with E-state index in [1.165, 1.54) is 20.8 Å². The van der Waals surface area contributed by atoms with Gasteiger partial charge in [0.2, 0.25) is 0 Å². The number of hydrogen-bond acceptors (Lipinski definition) is 7. The van der Waals surface area contributed by atoms with Crippen molar-refractivity contribution in [1.82, 2.24) is 0 Å². The minimum atomic E-state index is -0.782. The van der Waals surface area contributed by atoms with E-state index >= 15 is 0 Å². The zero-order chi connectivity index (χ0) is 14.6. The van der Waals surface area contributed by atoms with Gasteiger partial charge >= 0.3 is 17.9 Å². The maximum absolute atomic E-state index is 11.1. The Balaban J connectivity index is 2.76. The molecule has 0 aromatic carbocycles. The van der Waals surface area contributed by atoms with Gasteiger partial charge < -0.3 is 18.9 Å². The highest BCUT2D eigenvalue weighted by Crippen LogP contribution is 2.27. The minimum Gasteiger partial charge on any atom is -0.463 e. The quantitative estimate of drug-likeness (QED) is 0.534. The third-order valence-electron chi connectivity index (χ3n) is 2.60. The molecule has 4 atom stereocenters. The van der Waals surface area contributed by atoms with Crippen LogP contribution in [0, 0.1) is 0 Å². The standard InChI is InChI=1S/C12H18O7/c1-6-11(18-8(3)14)12(19-9(4)15)10(17-6)5-16-7(2)13/h6,10-12H,5H2,1-4H3/t6-,10+,11?,12?/m0/s1. The van der Waals surface area contributed by atoms with Gasteiger partial charge in [-0.25, -0.2) is 0 Å². The molecule has 1 fully saturated rings. The Labute approximate surface area is 111 Å². The van der Waals surface area contributed by atoms with Crippen molar-refractivity contribution in [1.29, 1.82) is 0 Å². The molecule has 0 aromatic rings. The maximum Gasteiger partial charge on any atom is 0.303 e. The van der Waals surface area contributed by atoms with E-state index in [0.29, 0.717) is 0 Å². The highest BCUT2D eigenvalue weighted by molar-refractivity contribution is 5.67. The van der Waals surface area contributed by atoms with Crippen LogP contribution in [0.1, 0.15) is 27.7 Å². The molecule has 1 aliphatic heterocycles. The van der Waals surface area contributed by atoms with E-state index in [0.717, 1.165) is 0 Å². The molecule has 1 saturated heterocycles. The third kappa shape index (κ3) is 4.51. The normalized spacial score (nSPS) is 29.7. The van der Waals surface area contributed by atoms with Gasteiger partial charge in [0.25, 0.3) is 0 Å². The number of rotatable bonds is 4. The lowest BCUT2D eigenvalue weighted by Gasteiger charge is -2.22. The Morgan fingerprint density at radius 2 is 1.47 bits per heavy atom. The second-order valence-corrected chi connectivity index (χ2v) is 4.33. The summed E-state index contributed by atoms with van der Waals surface area (Å²) < 4.78 is 20.6. The molecule has 0 saturated carbocycles. The van der Waals surface area contributed by atoms with E-state index in [-0.39, 0.29) is 6.61 Å². The molecule has 1 aliphatic rings. The molecular formula is C12H18O7. The third-order valence-corrected chi connectivity index (χ3v) is 2.60. The fourth-order valence-corrected chi connectivity index (χ4v) is 1.93. The molecule has 7 nitrogen and oxygen atoms in total. The first-order valence-corrected chi connectivity index (χ1v) is 5.94. The summed E-state index contributed by atoms with van der Waals surface area (Å²) >= 11 is 0. The van der Waals surface area contributed by atoms with Crippen LogP contribution >= 0.6 is 0 Å². The van der Waals surface area contributed by atoms with Crippen molar-refractivity contribution in [3.8, 4) is 0 Å². The van der Waals surface area contributed by atoms with Crippen molar-refractivity contribution >= 4 is 17.9 Å². The number of esters is 3. The summed E-state index contributed by atoms with van der Waals surface area (Å²) in [6.45, 7) is 5.41. The van der Waals surface area contributed by atoms with Gasteiger partial charge in [0, 0.05) is 20.8 Å². The van der Waals surface area contributed by atoms with Gasteiger partial charge in [0.15, 0.2) is 12.2 Å². The minimum absolute atomic E-state index is 0.0601. The Morgan fingerprint density at radius 3 is 1.95 bits per heavy atom. The molecule has 2 unspecified atom stereocenters. The number of carbonyl (C=O) groups is 3. The predicted octanol–water partition coefficient (Wildman–Crippen LogP) is 0.200. The molecule has 0 N–H and O–H groups in total. The second-order valence-electron chi connectivity index (χ2n) is 4.33. The zero-order valence-corrected chi connectivity index (χ0v) is 11.4. The van der Waals surface area contributed by atoms with Crippen LogP contribution in [0.5, 0.6) is 0 Å². The Morgan fingerprint density at radius 1 is 0.947 bits per heavy atom. The lowest BCUT2D eigenvalue weighted by Crippen LogP contribution is -2.40. The van der Waals surface area contributed by atoms with Gasteiger partial charge in [-0.3, -0.25) is 14.4 Å². The van der Waals surface area contributed by atoms with Gasteiger partial charge in [-0.05, 0) is 6.92 Å². The van der Waals surface area contributed by atoms with Crippen molar-refractivity contribution in [2.45, 2.75) is 52.1 Å². The average Bonchev–Trinajstić information content (AvgIpc) is 2.53. The second kappa shape index (κ2) is 6.51. The van der Waals surface area contributed by atoms with Gasteiger partial charge in [-0.2, -0.15) is 0 Å². The van der Waals surface area contributed by atoms with E-state index in [4.69, 9.17) is 18.9 Å². The smallest absolute Gasteiger partial charge is 0.303 e. The van der Waals surface area contributed by atoms with Crippen LogP contribution in [0.25, 0.3) is 0 Å². The van der Waals surface area contributed by atoms with Gasteiger partial charge in [0.1, 0.15) is 12.7 Å². The molecule has 0 radical (unpaired) electrons. The van der Waals surface area contributed by atoms with Crippen LogP contribution in [0.4, 0.5) is 0 Å². The molecule has 1 heterocycles. The fraction of sp³-hybridized carbons (Fsp3) is 0.750. The van der Waals surface area contributed by atoms with E-state index in [1.807, 2.05) is 0 Å².